The van der Waals surface area contributed by atoms with Crippen LogP contribution in [0.15, 0.2) is 0 Å². The molecule has 0 radical (unpaired) electrons. The van der Waals surface area contributed by atoms with Gasteiger partial charge in [-0.15, -0.1) is 0 Å². The second-order valence-electron chi connectivity index (χ2n) is 0. The van der Waals surface area contributed by atoms with Crippen molar-refractivity contribution in [2.24, 2.45) is 0 Å². The molecule has 0 unspecified atom stereocenters. The van der Waals surface area contributed by atoms with E-state index in [1.165, 1.54) is 0 Å². The van der Waals surface area contributed by atoms with Crippen LogP contribution in [0.2, 0.25) is 0 Å². The van der Waals surface area contributed by atoms with Crippen LogP contribution >= 0.6 is 14.2 Å². The van der Waals surface area contributed by atoms with Gasteiger partial charge < -0.3 is 36.9 Å². The Hall–Kier alpha value is 0.746. The molecule has 0 atom stereocenters. The third-order valence-corrected chi connectivity index (χ3v) is 0. The first kappa shape index (κ1) is 172. The summed E-state index contributed by atoms with van der Waals surface area (Å²) in [5.74, 6) is 0. The summed E-state index contributed by atoms with van der Waals surface area (Å²) in [6.45, 7) is 0. The Bertz CT molecular complexity index is 8.49. The second-order valence-corrected chi connectivity index (χ2v) is 0. The van der Waals surface area contributed by atoms with E-state index < -0.39 is 0 Å². The van der Waals surface area contributed by atoms with Crippen LogP contribution in [0, 0.1) is 0 Å². The SMILES string of the molecule is N.N.N.N.[Co+2][Br].[NH2-].[NH2-]. The fourth-order valence-corrected chi connectivity index (χ4v) is 0. The van der Waals surface area contributed by atoms with Crippen LogP contribution < -0.4 is 24.6 Å². The first-order chi connectivity index (χ1) is 1.00. The van der Waals surface area contributed by atoms with Crippen molar-refractivity contribution in [3.63, 3.8) is 0 Å². The van der Waals surface area contributed by atoms with E-state index in [-0.39, 0.29) is 36.9 Å². The van der Waals surface area contributed by atoms with Crippen molar-refractivity contribution in [1.82, 2.24) is 24.6 Å². The first-order valence-electron chi connectivity index (χ1n) is 0.126. The number of hydrogen-bond acceptors (Lipinski definition) is 4. The molecule has 16 N–H and O–H groups in total. The van der Waals surface area contributed by atoms with Crippen LogP contribution in [0.1, 0.15) is 0 Å². The van der Waals surface area contributed by atoms with Gasteiger partial charge in [0.15, 0.2) is 0 Å². The largest absolute Gasteiger partial charge is 0.693 e. The average Bonchev–Trinajstić information content (AvgIpc) is 1.00. The standard InChI is InChI=1S/BrH.Co.4H3N.2H2N/h1H;;4*1H3;2*1H2/q;+3;;;;;2*-1/p-1. The summed E-state index contributed by atoms with van der Waals surface area (Å²) < 4.78 is 0. The molecule has 0 bridgehead atoms. The van der Waals surface area contributed by atoms with Crippen LogP contribution in [0.25, 0.3) is 12.3 Å². The van der Waals surface area contributed by atoms with Crippen LogP contribution in [0.5, 0.6) is 0 Å². The molecule has 0 fully saturated rings. The maximum atomic E-state index is 3.38. The van der Waals surface area contributed by atoms with Gasteiger partial charge in [0.2, 0.25) is 0 Å². The fourth-order valence-electron chi connectivity index (χ4n) is 0. The monoisotopic (exact) mass is 238 g/mol. The molecule has 62 valence electrons. The van der Waals surface area contributed by atoms with E-state index in [4.69, 9.17) is 0 Å². The summed E-state index contributed by atoms with van der Waals surface area (Å²) in [6.07, 6.45) is 0. The van der Waals surface area contributed by atoms with Gasteiger partial charge in [0.05, 0.1) is 0 Å². The van der Waals surface area contributed by atoms with Crippen LogP contribution in [-0.2, 0) is 13.9 Å². The average molecular weight is 239 g/mol. The third kappa shape index (κ3) is 400. The Kier molecular flexibility index (Phi) is 13600. The number of halogens is 1. The summed E-state index contributed by atoms with van der Waals surface area (Å²) in [5, 5.41) is 0. The normalized spacial score (nSPS) is 0.750. The van der Waals surface area contributed by atoms with Crippen molar-refractivity contribution in [3.05, 3.63) is 12.3 Å². The predicted octanol–water partition coefficient (Wildman–Crippen LogP) is 2.93. The minimum Gasteiger partial charge on any atom is -0.693 e. The van der Waals surface area contributed by atoms with Gasteiger partial charge in [0.25, 0.3) is 0 Å². The van der Waals surface area contributed by atoms with E-state index in [0.717, 1.165) is 0 Å². The molecule has 0 aromatic rings. The van der Waals surface area contributed by atoms with Gasteiger partial charge in [-0.05, 0) is 0 Å². The van der Waals surface area contributed by atoms with E-state index in [1.807, 2.05) is 0 Å². The second kappa shape index (κ2) is 633. The third-order valence-electron chi connectivity index (χ3n) is 0. The molecule has 0 heterocycles. The first-order valence-corrected chi connectivity index (χ1v) is 2.70. The molecule has 0 saturated heterocycles. The topological polar surface area (TPSA) is 207 Å². The summed E-state index contributed by atoms with van der Waals surface area (Å²) in [6, 6.07) is 0. The van der Waals surface area contributed by atoms with Gasteiger partial charge in [-0.3, -0.25) is 0 Å². The van der Waals surface area contributed by atoms with Crippen LogP contribution in [0.3, 0.4) is 0 Å². The van der Waals surface area contributed by atoms with Crippen molar-refractivity contribution in [1.29, 1.82) is 0 Å². The molecule has 6 nitrogen and oxygen atoms in total. The molecule has 0 aliphatic rings. The molecular formula is H16BrCoN6. The summed E-state index contributed by atoms with van der Waals surface area (Å²) >= 11 is 6.00. The molecule has 0 amide bonds. The zero-order chi connectivity index (χ0) is 2.00. The Labute approximate surface area is 65.4 Å². The van der Waals surface area contributed by atoms with E-state index >= 15 is 0 Å². The zero-order valence-corrected chi connectivity index (χ0v) is 7.32. The van der Waals surface area contributed by atoms with Crippen LogP contribution in [-0.4, -0.2) is 0 Å². The maximum Gasteiger partial charge on any atom is -0.693 e. The molecule has 8 heteroatoms. The van der Waals surface area contributed by atoms with Gasteiger partial charge in [0.1, 0.15) is 0 Å². The van der Waals surface area contributed by atoms with Crippen LogP contribution in [0.4, 0.5) is 0 Å². The zero-order valence-electron chi connectivity index (χ0n) is 4.69. The molecule has 0 aliphatic carbocycles. The van der Waals surface area contributed by atoms with E-state index in [9.17, 15) is 0 Å². The Morgan fingerprint density at radius 1 is 0.625 bits per heavy atom. The molecule has 0 aromatic heterocycles. The molecule has 0 spiro atoms. The molecule has 0 saturated carbocycles. The molecule has 8 heavy (non-hydrogen) atoms. The number of rotatable bonds is 0. The molecule has 0 rings (SSSR count). The maximum absolute atomic E-state index is 3.38. The molecular weight excluding hydrogens is 223 g/mol. The van der Waals surface area contributed by atoms with Gasteiger partial charge in [-0.2, -0.15) is 0 Å². The summed E-state index contributed by atoms with van der Waals surface area (Å²) in [7, 11) is 0. The minimum absolute atomic E-state index is 0. The Morgan fingerprint density at radius 3 is 0.625 bits per heavy atom. The van der Waals surface area contributed by atoms with E-state index in [0.29, 0.717) is 0 Å². The van der Waals surface area contributed by atoms with Crippen molar-refractivity contribution in [2.75, 3.05) is 0 Å². The fraction of sp³-hybridized carbons (Fsp3) is 0. The van der Waals surface area contributed by atoms with Gasteiger partial charge in [0, 0.05) is 0 Å². The smallest absolute Gasteiger partial charge is 0.693 e. The molecule has 0 aromatic carbocycles. The molecule has 0 aliphatic heterocycles. The van der Waals surface area contributed by atoms with Crippen molar-refractivity contribution in [3.8, 4) is 0 Å². The Morgan fingerprint density at radius 2 is 0.625 bits per heavy atom. The van der Waals surface area contributed by atoms with Gasteiger partial charge in [-0.25, -0.2) is 0 Å². The number of nitrogens with two attached hydrogens (primary N) is 2. The van der Waals surface area contributed by atoms with Crippen molar-refractivity contribution < 1.29 is 13.9 Å². The van der Waals surface area contributed by atoms with Crippen molar-refractivity contribution in [2.45, 2.75) is 0 Å². The summed E-state index contributed by atoms with van der Waals surface area (Å²) in [4.78, 5) is 0. The Balaban J connectivity index is -0.000000000333. The minimum atomic E-state index is 0. The summed E-state index contributed by atoms with van der Waals surface area (Å²) in [5.41, 5.74) is 0. The quantitative estimate of drug-likeness (QED) is 0.501. The predicted molar refractivity (Wildman–Crippen MR) is 39.6 cm³/mol. The van der Waals surface area contributed by atoms with Crippen molar-refractivity contribution >= 4 is 14.2 Å². The van der Waals surface area contributed by atoms with E-state index in [2.05, 4.69) is 28.1 Å². The van der Waals surface area contributed by atoms with E-state index in [1.54, 1.807) is 0 Å². The van der Waals surface area contributed by atoms with Gasteiger partial charge in [-0.1, -0.05) is 0 Å². The van der Waals surface area contributed by atoms with Gasteiger partial charge >= 0.3 is 28.1 Å². The number of hydrogen-bond donors (Lipinski definition) is 4.